The van der Waals surface area contributed by atoms with E-state index in [-0.39, 0.29) is 17.8 Å². The van der Waals surface area contributed by atoms with E-state index in [4.69, 9.17) is 0 Å². The molecule has 3 nitrogen and oxygen atoms in total. The smallest absolute Gasteiger partial charge is 0.252 e. The molecular weight excluding hydrogens is 399 g/mol. The zero-order chi connectivity index (χ0) is 18.6. The van der Waals surface area contributed by atoms with E-state index < -0.39 is 0 Å². The number of amides is 1. The average molecular weight is 417 g/mol. The number of thiazole rings is 1. The molecule has 3 aromatic rings. The number of hydrogen-bond acceptors (Lipinski definition) is 5. The summed E-state index contributed by atoms with van der Waals surface area (Å²) < 4.78 is 13.7. The maximum absolute atomic E-state index is 13.7. The van der Waals surface area contributed by atoms with Crippen molar-refractivity contribution in [1.82, 2.24) is 10.3 Å². The first-order valence-electron chi connectivity index (χ1n) is 8.53. The van der Waals surface area contributed by atoms with Crippen LogP contribution in [-0.2, 0) is 5.75 Å². The van der Waals surface area contributed by atoms with E-state index in [2.05, 4.69) is 10.3 Å². The Morgan fingerprint density at radius 2 is 2.19 bits per heavy atom. The summed E-state index contributed by atoms with van der Waals surface area (Å²) in [6, 6.07) is 12.2. The first kappa shape index (κ1) is 18.5. The van der Waals surface area contributed by atoms with Gasteiger partial charge >= 0.3 is 0 Å². The number of rotatable bonds is 5. The molecule has 1 aromatic heterocycles. The van der Waals surface area contributed by atoms with Gasteiger partial charge in [0.15, 0.2) is 0 Å². The molecule has 1 atom stereocenters. The van der Waals surface area contributed by atoms with Gasteiger partial charge in [0.2, 0.25) is 0 Å². The minimum atomic E-state index is -0.269. The van der Waals surface area contributed by atoms with Crippen LogP contribution in [0, 0.1) is 5.82 Å². The Morgan fingerprint density at radius 1 is 1.30 bits per heavy atom. The van der Waals surface area contributed by atoms with Gasteiger partial charge in [-0.1, -0.05) is 12.1 Å². The molecule has 1 N–H and O–H groups in total. The first-order chi connectivity index (χ1) is 13.2. The van der Waals surface area contributed by atoms with Crippen molar-refractivity contribution in [2.75, 3.05) is 5.75 Å². The van der Waals surface area contributed by atoms with E-state index >= 15 is 0 Å². The molecule has 2 aromatic carbocycles. The normalized spacial score (nSPS) is 16.0. The molecule has 1 aliphatic heterocycles. The number of fused-ring (bicyclic) bond motifs is 1. The Kier molecular flexibility index (Phi) is 5.80. The average Bonchev–Trinajstić information content (AvgIpc) is 3.21. The summed E-state index contributed by atoms with van der Waals surface area (Å²) in [6.07, 6.45) is 0.793. The van der Waals surface area contributed by atoms with Crippen LogP contribution in [0.3, 0.4) is 0 Å². The number of carbonyl (C=O) groups is 1. The van der Waals surface area contributed by atoms with Crippen molar-refractivity contribution in [3.8, 4) is 0 Å². The van der Waals surface area contributed by atoms with E-state index in [9.17, 15) is 9.18 Å². The highest BCUT2D eigenvalue weighted by Crippen LogP contribution is 2.37. The van der Waals surface area contributed by atoms with E-state index in [0.717, 1.165) is 39.0 Å². The van der Waals surface area contributed by atoms with E-state index in [1.807, 2.05) is 35.2 Å². The van der Waals surface area contributed by atoms with Crippen LogP contribution in [0.25, 0.3) is 0 Å². The second-order valence-corrected chi connectivity index (χ2v) is 8.98. The van der Waals surface area contributed by atoms with Gasteiger partial charge in [-0.3, -0.25) is 4.79 Å². The molecule has 0 saturated carbocycles. The van der Waals surface area contributed by atoms with Crippen molar-refractivity contribution in [1.29, 1.82) is 0 Å². The Hall–Kier alpha value is -1.83. The van der Waals surface area contributed by atoms with E-state index in [1.54, 1.807) is 40.9 Å². The molecular formula is C20H17FN2OS3. The van der Waals surface area contributed by atoms with Crippen LogP contribution in [0.5, 0.6) is 0 Å². The lowest BCUT2D eigenvalue weighted by molar-refractivity contribution is 0.0932. The van der Waals surface area contributed by atoms with E-state index in [1.165, 1.54) is 12.1 Å². The summed E-state index contributed by atoms with van der Waals surface area (Å²) in [5, 5.41) is 5.12. The van der Waals surface area contributed by atoms with Crippen LogP contribution in [0.4, 0.5) is 4.39 Å². The summed E-state index contributed by atoms with van der Waals surface area (Å²) in [7, 11) is 0. The van der Waals surface area contributed by atoms with Crippen LogP contribution in [0.1, 0.15) is 34.1 Å². The highest BCUT2D eigenvalue weighted by atomic mass is 32.2. The lowest BCUT2D eigenvalue weighted by atomic mass is 10.0. The largest absolute Gasteiger partial charge is 0.345 e. The van der Waals surface area contributed by atoms with Crippen LogP contribution < -0.4 is 5.32 Å². The van der Waals surface area contributed by atoms with Crippen molar-refractivity contribution in [3.63, 3.8) is 0 Å². The summed E-state index contributed by atoms with van der Waals surface area (Å²) in [5.74, 6) is 1.24. The highest BCUT2D eigenvalue weighted by Gasteiger charge is 2.24. The second kappa shape index (κ2) is 8.46. The number of aromatic nitrogens is 1. The molecule has 0 bridgehead atoms. The molecule has 7 heteroatoms. The van der Waals surface area contributed by atoms with Crippen LogP contribution >= 0.6 is 34.9 Å². The maximum Gasteiger partial charge on any atom is 0.252 e. The lowest BCUT2D eigenvalue weighted by Crippen LogP contribution is -2.31. The fourth-order valence-corrected chi connectivity index (χ4v) is 5.71. The van der Waals surface area contributed by atoms with Gasteiger partial charge in [-0.2, -0.15) is 0 Å². The Balaban J connectivity index is 1.52. The monoisotopic (exact) mass is 416 g/mol. The fourth-order valence-electron chi connectivity index (χ4n) is 2.99. The van der Waals surface area contributed by atoms with Crippen molar-refractivity contribution in [3.05, 3.63) is 76.0 Å². The van der Waals surface area contributed by atoms with Crippen LogP contribution in [-0.4, -0.2) is 16.6 Å². The Labute approximate surface area is 169 Å². The van der Waals surface area contributed by atoms with Gasteiger partial charge in [0.05, 0.1) is 22.8 Å². The molecule has 2 heterocycles. The number of benzene rings is 2. The first-order valence-corrected chi connectivity index (χ1v) is 11.4. The molecule has 1 amide bonds. The van der Waals surface area contributed by atoms with Gasteiger partial charge in [-0.05, 0) is 42.3 Å². The predicted molar refractivity (Wildman–Crippen MR) is 110 cm³/mol. The minimum absolute atomic E-state index is 0.122. The van der Waals surface area contributed by atoms with Crippen molar-refractivity contribution in [2.24, 2.45) is 0 Å². The van der Waals surface area contributed by atoms with Crippen molar-refractivity contribution in [2.45, 2.75) is 28.0 Å². The maximum atomic E-state index is 13.7. The molecule has 138 valence electrons. The molecule has 1 unspecified atom stereocenters. The third-order valence-corrected chi connectivity index (χ3v) is 7.17. The zero-order valence-electron chi connectivity index (χ0n) is 14.4. The van der Waals surface area contributed by atoms with Crippen LogP contribution in [0.2, 0.25) is 0 Å². The van der Waals surface area contributed by atoms with Gasteiger partial charge < -0.3 is 5.32 Å². The molecule has 0 fully saturated rings. The summed E-state index contributed by atoms with van der Waals surface area (Å²) in [4.78, 5) is 19.2. The number of thioether (sulfide) groups is 2. The highest BCUT2D eigenvalue weighted by molar-refractivity contribution is 7.99. The third kappa shape index (κ3) is 4.36. The summed E-state index contributed by atoms with van der Waals surface area (Å²) >= 11 is 4.87. The number of carbonyl (C=O) groups excluding carboxylic acids is 1. The molecule has 0 saturated heterocycles. The molecule has 27 heavy (non-hydrogen) atoms. The van der Waals surface area contributed by atoms with Gasteiger partial charge in [0, 0.05) is 26.7 Å². The number of hydrogen-bond donors (Lipinski definition) is 1. The van der Waals surface area contributed by atoms with Crippen LogP contribution in [0.15, 0.2) is 63.1 Å². The van der Waals surface area contributed by atoms with Gasteiger partial charge in [-0.15, -0.1) is 34.9 Å². The molecule has 0 radical (unpaired) electrons. The number of halogens is 1. The lowest BCUT2D eigenvalue weighted by Gasteiger charge is -2.26. The third-order valence-electron chi connectivity index (χ3n) is 4.31. The second-order valence-electron chi connectivity index (χ2n) is 6.11. The van der Waals surface area contributed by atoms with Crippen molar-refractivity contribution >= 4 is 40.8 Å². The Bertz CT molecular complexity index is 946. The quantitative estimate of drug-likeness (QED) is 0.555. The van der Waals surface area contributed by atoms with Gasteiger partial charge in [0.1, 0.15) is 5.82 Å². The molecule has 0 aliphatic carbocycles. The number of nitrogens with one attached hydrogen (secondary N) is 1. The molecule has 1 aliphatic rings. The minimum Gasteiger partial charge on any atom is -0.345 e. The van der Waals surface area contributed by atoms with Gasteiger partial charge in [-0.25, -0.2) is 9.37 Å². The summed E-state index contributed by atoms with van der Waals surface area (Å²) in [5.41, 5.74) is 4.33. The zero-order valence-corrected chi connectivity index (χ0v) is 16.8. The predicted octanol–water partition coefficient (Wildman–Crippen LogP) is 5.54. The topological polar surface area (TPSA) is 42.0 Å². The standard InChI is InChI=1S/C20H17FN2OS3/c21-13-5-6-19-16(9-13)17(7-8-26-19)23-20(24)15-3-1-2-4-18(15)27-11-14-10-25-12-22-14/h1-6,9-10,12,17H,7-8,11H2,(H,23,24). The SMILES string of the molecule is O=C(NC1CCSc2ccc(F)cc21)c1ccccc1SCc1cscn1. The molecule has 4 rings (SSSR count). The van der Waals surface area contributed by atoms with Crippen molar-refractivity contribution < 1.29 is 9.18 Å². The molecule has 0 spiro atoms. The summed E-state index contributed by atoms with van der Waals surface area (Å²) in [6.45, 7) is 0. The number of nitrogens with zero attached hydrogens (tertiary/aromatic N) is 1. The fraction of sp³-hybridized carbons (Fsp3) is 0.200. The Morgan fingerprint density at radius 3 is 3.04 bits per heavy atom. The van der Waals surface area contributed by atoms with Gasteiger partial charge in [0.25, 0.3) is 5.91 Å². The van der Waals surface area contributed by atoms with E-state index in [0.29, 0.717) is 5.56 Å².